The Hall–Kier alpha value is -2.27. The molecule has 0 aliphatic carbocycles. The van der Waals surface area contributed by atoms with Gasteiger partial charge in [-0.1, -0.05) is 19.9 Å². The van der Waals surface area contributed by atoms with Crippen molar-refractivity contribution >= 4 is 11.6 Å². The first kappa shape index (κ1) is 18.1. The maximum absolute atomic E-state index is 6.07. The summed E-state index contributed by atoms with van der Waals surface area (Å²) in [5, 5.41) is 3.16. The summed E-state index contributed by atoms with van der Waals surface area (Å²) in [6.45, 7) is 10.9. The third-order valence-corrected chi connectivity index (χ3v) is 4.34. The van der Waals surface area contributed by atoms with Gasteiger partial charge in [-0.25, -0.2) is 0 Å². The first-order valence-corrected chi connectivity index (χ1v) is 8.46. The molecule has 0 bridgehead atoms. The molecule has 130 valence electrons. The molecule has 0 saturated heterocycles. The van der Waals surface area contributed by atoms with Crippen LogP contribution in [0.3, 0.4) is 0 Å². The molecule has 0 radical (unpaired) electrons. The summed E-state index contributed by atoms with van der Waals surface area (Å²) in [5.74, 6) is 1.34. The molecule has 1 atom stereocenters. The topological polar surface area (TPSA) is 66.8 Å². The number of aryl methyl sites for hydroxylation is 2. The van der Waals surface area contributed by atoms with Crippen LogP contribution >= 0.6 is 0 Å². The summed E-state index contributed by atoms with van der Waals surface area (Å²) in [5.41, 5.74) is 9.51. The van der Waals surface area contributed by atoms with Crippen LogP contribution in [-0.4, -0.2) is 30.5 Å². The number of guanidine groups is 1. The molecule has 1 aromatic carbocycles. The molecule has 1 aromatic heterocycles. The van der Waals surface area contributed by atoms with Crippen LogP contribution in [0.1, 0.15) is 36.8 Å². The van der Waals surface area contributed by atoms with Gasteiger partial charge in [0.2, 0.25) is 0 Å². The zero-order valence-electron chi connectivity index (χ0n) is 15.0. The number of hydrogen-bond donors (Lipinski definition) is 2. The van der Waals surface area contributed by atoms with Gasteiger partial charge in [-0.05, 0) is 62.3 Å². The number of benzene rings is 1. The van der Waals surface area contributed by atoms with Gasteiger partial charge in [-0.2, -0.15) is 0 Å². The van der Waals surface area contributed by atoms with Crippen LogP contribution in [0, 0.1) is 13.8 Å². The van der Waals surface area contributed by atoms with Crippen LogP contribution < -0.4 is 11.1 Å². The van der Waals surface area contributed by atoms with Crippen molar-refractivity contribution in [2.75, 3.05) is 25.0 Å². The highest BCUT2D eigenvalue weighted by Gasteiger charge is 2.20. The van der Waals surface area contributed by atoms with Crippen molar-refractivity contribution in [2.45, 2.75) is 33.7 Å². The third-order valence-electron chi connectivity index (χ3n) is 4.34. The van der Waals surface area contributed by atoms with Crippen LogP contribution in [0.5, 0.6) is 0 Å². The minimum absolute atomic E-state index is 0.0927. The van der Waals surface area contributed by atoms with Gasteiger partial charge in [-0.15, -0.1) is 0 Å². The number of anilines is 1. The predicted octanol–water partition coefficient (Wildman–Crippen LogP) is 3.71. The summed E-state index contributed by atoms with van der Waals surface area (Å²) < 4.78 is 5.59. The van der Waals surface area contributed by atoms with E-state index in [2.05, 4.69) is 55.0 Å². The smallest absolute Gasteiger partial charge is 0.193 e. The van der Waals surface area contributed by atoms with Crippen molar-refractivity contribution in [1.29, 1.82) is 0 Å². The fraction of sp³-hybridized carbons (Fsp3) is 0.421. The molecule has 3 N–H and O–H groups in total. The number of rotatable bonds is 7. The fourth-order valence-corrected chi connectivity index (χ4v) is 2.72. The average Bonchev–Trinajstić information content (AvgIpc) is 3.09. The lowest BCUT2D eigenvalue weighted by Gasteiger charge is -2.26. The van der Waals surface area contributed by atoms with Crippen LogP contribution in [0.15, 0.2) is 46.0 Å². The van der Waals surface area contributed by atoms with Gasteiger partial charge in [0, 0.05) is 5.69 Å². The molecule has 0 aliphatic heterocycles. The Morgan fingerprint density at radius 1 is 1.21 bits per heavy atom. The third kappa shape index (κ3) is 4.61. The molecule has 0 aliphatic rings. The van der Waals surface area contributed by atoms with E-state index >= 15 is 0 Å². The Bertz CT molecular complexity index is 660. The number of nitrogens with zero attached hydrogens (tertiary/aromatic N) is 2. The van der Waals surface area contributed by atoms with Gasteiger partial charge < -0.3 is 15.5 Å². The van der Waals surface area contributed by atoms with Crippen molar-refractivity contribution in [3.8, 4) is 0 Å². The highest BCUT2D eigenvalue weighted by molar-refractivity contribution is 5.92. The number of nitrogens with two attached hydrogens (primary N) is 1. The standard InChI is InChI=1S/C19H28N4O/c1-5-23(6-2)17(18-8-7-11-24-18)13-21-19(20)22-16-10-9-14(3)15(4)12-16/h7-12,17H,5-6,13H2,1-4H3,(H3,20,21,22). The Labute approximate surface area is 144 Å². The summed E-state index contributed by atoms with van der Waals surface area (Å²) in [6, 6.07) is 10.2. The molecule has 5 nitrogen and oxygen atoms in total. The summed E-state index contributed by atoms with van der Waals surface area (Å²) in [6.07, 6.45) is 1.70. The van der Waals surface area contributed by atoms with E-state index in [4.69, 9.17) is 10.2 Å². The van der Waals surface area contributed by atoms with Crippen LogP contribution in [-0.2, 0) is 0 Å². The van der Waals surface area contributed by atoms with Crippen molar-refractivity contribution in [2.24, 2.45) is 10.7 Å². The summed E-state index contributed by atoms with van der Waals surface area (Å²) >= 11 is 0. The molecule has 0 spiro atoms. The second-order valence-electron chi connectivity index (χ2n) is 5.90. The van der Waals surface area contributed by atoms with E-state index in [0.29, 0.717) is 12.5 Å². The fourth-order valence-electron chi connectivity index (χ4n) is 2.72. The Balaban J connectivity index is 2.08. The maximum Gasteiger partial charge on any atom is 0.193 e. The van der Waals surface area contributed by atoms with Crippen LogP contribution in [0.4, 0.5) is 5.69 Å². The van der Waals surface area contributed by atoms with E-state index < -0.39 is 0 Å². The van der Waals surface area contributed by atoms with Crippen LogP contribution in [0.2, 0.25) is 0 Å². The van der Waals surface area contributed by atoms with E-state index in [-0.39, 0.29) is 6.04 Å². The summed E-state index contributed by atoms with van der Waals surface area (Å²) in [7, 11) is 0. The lowest BCUT2D eigenvalue weighted by atomic mass is 10.1. The van der Waals surface area contributed by atoms with E-state index in [1.807, 2.05) is 18.2 Å². The molecule has 2 rings (SSSR count). The first-order valence-electron chi connectivity index (χ1n) is 8.46. The van der Waals surface area contributed by atoms with Gasteiger partial charge in [0.25, 0.3) is 0 Å². The molecule has 1 unspecified atom stereocenters. The van der Waals surface area contributed by atoms with E-state index in [9.17, 15) is 0 Å². The quantitative estimate of drug-likeness (QED) is 0.601. The average molecular weight is 328 g/mol. The lowest BCUT2D eigenvalue weighted by molar-refractivity contribution is 0.198. The van der Waals surface area contributed by atoms with Gasteiger partial charge >= 0.3 is 0 Å². The Morgan fingerprint density at radius 2 is 1.96 bits per heavy atom. The maximum atomic E-state index is 6.07. The molecular weight excluding hydrogens is 300 g/mol. The molecular formula is C19H28N4O. The van der Waals surface area contributed by atoms with Crippen LogP contribution in [0.25, 0.3) is 0 Å². The molecule has 0 saturated carbocycles. The highest BCUT2D eigenvalue weighted by atomic mass is 16.3. The molecule has 0 amide bonds. The van der Waals surface area contributed by atoms with Gasteiger partial charge in [0.1, 0.15) is 5.76 Å². The zero-order chi connectivity index (χ0) is 17.5. The van der Waals surface area contributed by atoms with Gasteiger partial charge in [-0.3, -0.25) is 9.89 Å². The van der Waals surface area contributed by atoms with E-state index in [1.165, 1.54) is 11.1 Å². The second-order valence-corrected chi connectivity index (χ2v) is 5.90. The van der Waals surface area contributed by atoms with Crippen molar-refractivity contribution in [3.05, 3.63) is 53.5 Å². The molecule has 24 heavy (non-hydrogen) atoms. The van der Waals surface area contributed by atoms with Crippen molar-refractivity contribution < 1.29 is 4.42 Å². The highest BCUT2D eigenvalue weighted by Crippen LogP contribution is 2.21. The Morgan fingerprint density at radius 3 is 2.54 bits per heavy atom. The second kappa shape index (κ2) is 8.55. The number of likely N-dealkylation sites (N-methyl/N-ethyl adjacent to an activating group) is 1. The first-order chi connectivity index (χ1) is 11.5. The Kier molecular flexibility index (Phi) is 6.44. The van der Waals surface area contributed by atoms with Gasteiger partial charge in [0.05, 0.1) is 18.8 Å². The van der Waals surface area contributed by atoms with Crippen molar-refractivity contribution in [3.63, 3.8) is 0 Å². The monoisotopic (exact) mass is 328 g/mol. The zero-order valence-corrected chi connectivity index (χ0v) is 15.0. The van der Waals surface area contributed by atoms with Gasteiger partial charge in [0.15, 0.2) is 5.96 Å². The van der Waals surface area contributed by atoms with Crippen molar-refractivity contribution in [1.82, 2.24) is 4.90 Å². The lowest BCUT2D eigenvalue weighted by Crippen LogP contribution is -2.31. The molecule has 5 heteroatoms. The largest absolute Gasteiger partial charge is 0.468 e. The normalized spacial score (nSPS) is 13.3. The van der Waals surface area contributed by atoms with E-state index in [0.717, 1.165) is 24.5 Å². The van der Waals surface area contributed by atoms with E-state index in [1.54, 1.807) is 6.26 Å². The summed E-state index contributed by atoms with van der Waals surface area (Å²) in [4.78, 5) is 6.84. The number of furan rings is 1. The molecule has 1 heterocycles. The predicted molar refractivity (Wildman–Crippen MR) is 100 cm³/mol. The number of hydrogen-bond acceptors (Lipinski definition) is 3. The molecule has 2 aromatic rings. The molecule has 0 fully saturated rings. The minimum atomic E-state index is 0.0927. The number of aliphatic imine (C=N–C) groups is 1. The number of nitrogens with one attached hydrogen (secondary N) is 1. The SMILES string of the molecule is CCN(CC)C(CN=C(N)Nc1ccc(C)c(C)c1)c1ccco1. The minimum Gasteiger partial charge on any atom is -0.468 e.